The van der Waals surface area contributed by atoms with Gasteiger partial charge >= 0.3 is 5.97 Å². The Balaban J connectivity index is 1.87. The second kappa shape index (κ2) is 4.21. The van der Waals surface area contributed by atoms with Crippen LogP contribution < -0.4 is 0 Å². The molecule has 1 aliphatic heterocycles. The number of carboxylic acids is 1. The van der Waals surface area contributed by atoms with Crippen molar-refractivity contribution in [1.29, 1.82) is 0 Å². The first-order chi connectivity index (χ1) is 7.15. The van der Waals surface area contributed by atoms with Crippen LogP contribution in [0.4, 0.5) is 0 Å². The van der Waals surface area contributed by atoms with Crippen LogP contribution in [0, 0.1) is 5.92 Å². The van der Waals surface area contributed by atoms with Crippen molar-refractivity contribution in [3.63, 3.8) is 0 Å². The molecule has 2 rings (SSSR count). The van der Waals surface area contributed by atoms with Gasteiger partial charge in [0.15, 0.2) is 0 Å². The third-order valence-electron chi connectivity index (χ3n) is 2.60. The summed E-state index contributed by atoms with van der Waals surface area (Å²) in [7, 11) is 0. The van der Waals surface area contributed by atoms with Crippen molar-refractivity contribution in [2.45, 2.75) is 6.54 Å². The molecule has 0 radical (unpaired) electrons. The highest BCUT2D eigenvalue weighted by Crippen LogP contribution is 2.20. The van der Waals surface area contributed by atoms with Gasteiger partial charge in [0.25, 0.3) is 0 Å². The second-order valence-corrected chi connectivity index (χ2v) is 4.30. The molecule has 15 heavy (non-hydrogen) atoms. The molecule has 0 aromatic heterocycles. The number of hydrogen-bond acceptors (Lipinski definition) is 2. The number of carbonyl (C=O) groups is 1. The van der Waals surface area contributed by atoms with Gasteiger partial charge in [0.1, 0.15) is 0 Å². The average molecular weight is 226 g/mol. The highest BCUT2D eigenvalue weighted by atomic mass is 35.5. The van der Waals surface area contributed by atoms with E-state index in [1.165, 1.54) is 0 Å². The van der Waals surface area contributed by atoms with Crippen LogP contribution in [0.2, 0.25) is 5.02 Å². The van der Waals surface area contributed by atoms with Crippen LogP contribution in [0.1, 0.15) is 5.56 Å². The summed E-state index contributed by atoms with van der Waals surface area (Å²) in [5.41, 5.74) is 1.13. The lowest BCUT2D eigenvalue weighted by Crippen LogP contribution is -2.49. The van der Waals surface area contributed by atoms with E-state index in [0.717, 1.165) is 17.1 Å². The minimum atomic E-state index is -0.697. The van der Waals surface area contributed by atoms with Gasteiger partial charge < -0.3 is 5.11 Å². The van der Waals surface area contributed by atoms with Gasteiger partial charge in [0, 0.05) is 24.7 Å². The quantitative estimate of drug-likeness (QED) is 0.854. The molecule has 1 aliphatic rings. The number of likely N-dealkylation sites (tertiary alicyclic amines) is 1. The Bertz CT molecular complexity index is 375. The Morgan fingerprint density at radius 2 is 2.27 bits per heavy atom. The molecule has 0 bridgehead atoms. The molecule has 80 valence electrons. The maximum Gasteiger partial charge on any atom is 0.309 e. The largest absolute Gasteiger partial charge is 0.481 e. The lowest BCUT2D eigenvalue weighted by atomic mass is 10.00. The first-order valence-electron chi connectivity index (χ1n) is 4.85. The predicted molar refractivity (Wildman–Crippen MR) is 57.9 cm³/mol. The van der Waals surface area contributed by atoms with E-state index in [4.69, 9.17) is 16.7 Å². The van der Waals surface area contributed by atoms with Gasteiger partial charge in [-0.15, -0.1) is 0 Å². The monoisotopic (exact) mass is 225 g/mol. The molecule has 1 aromatic carbocycles. The second-order valence-electron chi connectivity index (χ2n) is 3.86. The highest BCUT2D eigenvalue weighted by molar-refractivity contribution is 6.30. The van der Waals surface area contributed by atoms with Crippen molar-refractivity contribution in [3.8, 4) is 0 Å². The molecule has 1 fully saturated rings. The summed E-state index contributed by atoms with van der Waals surface area (Å²) in [6.07, 6.45) is 0. The molecule has 0 amide bonds. The summed E-state index contributed by atoms with van der Waals surface area (Å²) in [4.78, 5) is 12.7. The third-order valence-corrected chi connectivity index (χ3v) is 2.84. The Hall–Kier alpha value is -1.06. The Kier molecular flexibility index (Phi) is 2.93. The smallest absolute Gasteiger partial charge is 0.309 e. The highest BCUT2D eigenvalue weighted by Gasteiger charge is 2.31. The van der Waals surface area contributed by atoms with Crippen molar-refractivity contribution >= 4 is 17.6 Å². The summed E-state index contributed by atoms with van der Waals surface area (Å²) in [6.45, 7) is 2.06. The van der Waals surface area contributed by atoms with Crippen LogP contribution in [0.25, 0.3) is 0 Å². The number of nitrogens with zero attached hydrogens (tertiary/aromatic N) is 1. The molecule has 0 atom stereocenters. The molecular weight excluding hydrogens is 214 g/mol. The van der Waals surface area contributed by atoms with E-state index in [-0.39, 0.29) is 5.92 Å². The first-order valence-corrected chi connectivity index (χ1v) is 5.22. The zero-order chi connectivity index (χ0) is 10.8. The van der Waals surface area contributed by atoms with Gasteiger partial charge in [-0.1, -0.05) is 23.7 Å². The molecule has 0 unspecified atom stereocenters. The van der Waals surface area contributed by atoms with Crippen LogP contribution in [-0.2, 0) is 11.3 Å². The first kappa shape index (κ1) is 10.5. The van der Waals surface area contributed by atoms with Crippen LogP contribution in [0.5, 0.6) is 0 Å². The number of rotatable bonds is 3. The molecule has 0 spiro atoms. The number of hydrogen-bond donors (Lipinski definition) is 1. The summed E-state index contributed by atoms with van der Waals surface area (Å²) < 4.78 is 0. The molecule has 1 N–H and O–H groups in total. The molecule has 0 aliphatic carbocycles. The minimum absolute atomic E-state index is 0.191. The molecule has 4 heteroatoms. The minimum Gasteiger partial charge on any atom is -0.481 e. The van der Waals surface area contributed by atoms with E-state index in [1.807, 2.05) is 24.3 Å². The third kappa shape index (κ3) is 2.49. The molecule has 0 saturated carbocycles. The molecule has 1 aromatic rings. The fourth-order valence-electron chi connectivity index (χ4n) is 1.75. The van der Waals surface area contributed by atoms with Crippen molar-refractivity contribution in [2.75, 3.05) is 13.1 Å². The summed E-state index contributed by atoms with van der Waals surface area (Å²) in [5.74, 6) is -0.887. The molecule has 3 nitrogen and oxygen atoms in total. The SMILES string of the molecule is O=C(O)C1CN(Cc2cccc(Cl)c2)C1. The Labute approximate surface area is 93.3 Å². The van der Waals surface area contributed by atoms with Crippen LogP contribution in [-0.4, -0.2) is 29.1 Å². The van der Waals surface area contributed by atoms with Crippen molar-refractivity contribution in [1.82, 2.24) is 4.90 Å². The Morgan fingerprint density at radius 3 is 2.87 bits per heavy atom. The summed E-state index contributed by atoms with van der Waals surface area (Å²) in [6, 6.07) is 7.66. The van der Waals surface area contributed by atoms with Gasteiger partial charge in [-0.2, -0.15) is 0 Å². The molecule has 1 heterocycles. The van der Waals surface area contributed by atoms with E-state index < -0.39 is 5.97 Å². The summed E-state index contributed by atoms with van der Waals surface area (Å²) in [5, 5.41) is 9.44. The normalized spacial score (nSPS) is 17.4. The zero-order valence-electron chi connectivity index (χ0n) is 8.19. The fourth-order valence-corrected chi connectivity index (χ4v) is 1.96. The van der Waals surface area contributed by atoms with Crippen LogP contribution >= 0.6 is 11.6 Å². The number of aliphatic carboxylic acids is 1. The van der Waals surface area contributed by atoms with Gasteiger partial charge in [-0.25, -0.2) is 0 Å². The maximum absolute atomic E-state index is 10.6. The fraction of sp³-hybridized carbons (Fsp3) is 0.364. The van der Waals surface area contributed by atoms with Crippen molar-refractivity contribution in [3.05, 3.63) is 34.9 Å². The van der Waals surface area contributed by atoms with Crippen molar-refractivity contribution < 1.29 is 9.90 Å². The van der Waals surface area contributed by atoms with Gasteiger partial charge in [-0.3, -0.25) is 9.69 Å². The Morgan fingerprint density at radius 1 is 1.53 bits per heavy atom. The van der Waals surface area contributed by atoms with Gasteiger partial charge in [0.05, 0.1) is 5.92 Å². The van der Waals surface area contributed by atoms with Crippen LogP contribution in [0.15, 0.2) is 24.3 Å². The maximum atomic E-state index is 10.6. The molecule has 1 saturated heterocycles. The van der Waals surface area contributed by atoms with E-state index in [2.05, 4.69) is 4.90 Å². The lowest BCUT2D eigenvalue weighted by Gasteiger charge is -2.36. The average Bonchev–Trinajstić information content (AvgIpc) is 2.10. The van der Waals surface area contributed by atoms with E-state index in [9.17, 15) is 4.79 Å². The number of benzene rings is 1. The van der Waals surface area contributed by atoms with E-state index in [1.54, 1.807) is 0 Å². The number of carboxylic acid groups (broad SMARTS) is 1. The predicted octanol–water partition coefficient (Wildman–Crippen LogP) is 1.86. The topological polar surface area (TPSA) is 40.5 Å². The van der Waals surface area contributed by atoms with Gasteiger partial charge in [0.2, 0.25) is 0 Å². The zero-order valence-corrected chi connectivity index (χ0v) is 8.94. The molecular formula is C11H12ClNO2. The lowest BCUT2D eigenvalue weighted by molar-refractivity contribution is -0.147. The van der Waals surface area contributed by atoms with E-state index in [0.29, 0.717) is 13.1 Å². The van der Waals surface area contributed by atoms with Gasteiger partial charge in [-0.05, 0) is 17.7 Å². The van der Waals surface area contributed by atoms with E-state index >= 15 is 0 Å². The van der Waals surface area contributed by atoms with Crippen LogP contribution in [0.3, 0.4) is 0 Å². The summed E-state index contributed by atoms with van der Waals surface area (Å²) >= 11 is 5.86. The van der Waals surface area contributed by atoms with Crippen molar-refractivity contribution in [2.24, 2.45) is 5.92 Å². The number of halogens is 1. The standard InChI is InChI=1S/C11H12ClNO2/c12-10-3-1-2-8(4-10)5-13-6-9(7-13)11(14)15/h1-4,9H,5-7H2,(H,14,15).